The van der Waals surface area contributed by atoms with Gasteiger partial charge < -0.3 is 19.9 Å². The number of aliphatic hydroxyl groups is 1. The minimum Gasteiger partial charge on any atom is -0.486 e. The van der Waals surface area contributed by atoms with Crippen molar-refractivity contribution < 1.29 is 28.6 Å². The Kier molecular flexibility index (Phi) is 9.52. The Balaban J connectivity index is 1.40. The van der Waals surface area contributed by atoms with Crippen LogP contribution in [-0.4, -0.2) is 60.1 Å². The molecule has 0 aliphatic carbocycles. The molecule has 1 amide bonds. The average Bonchev–Trinajstić information content (AvgIpc) is 3.34. The van der Waals surface area contributed by atoms with Gasteiger partial charge in [-0.2, -0.15) is 0 Å². The third-order valence-corrected chi connectivity index (χ3v) is 7.16. The van der Waals surface area contributed by atoms with Gasteiger partial charge in [0.15, 0.2) is 17.3 Å². The number of carbonyl (C=O) groups is 2. The maximum absolute atomic E-state index is 13.1. The van der Waals surface area contributed by atoms with Gasteiger partial charge in [0, 0.05) is 31.0 Å². The van der Waals surface area contributed by atoms with Crippen molar-refractivity contribution in [2.24, 2.45) is 0 Å². The van der Waals surface area contributed by atoms with Gasteiger partial charge in [0.25, 0.3) is 0 Å². The third kappa shape index (κ3) is 7.29. The Labute approximate surface area is 218 Å². The Bertz CT molecular complexity index is 1060. The van der Waals surface area contributed by atoms with Crippen molar-refractivity contribution in [2.45, 2.75) is 70.1 Å². The van der Waals surface area contributed by atoms with Crippen molar-refractivity contribution >= 4 is 11.7 Å². The van der Waals surface area contributed by atoms with E-state index in [1.165, 1.54) is 24.3 Å². The van der Waals surface area contributed by atoms with Gasteiger partial charge in [0.1, 0.15) is 25.1 Å². The normalized spacial score (nSPS) is 18.8. The fraction of sp³-hybridized carbons (Fsp3) is 0.517. The molecule has 3 atom stereocenters. The van der Waals surface area contributed by atoms with E-state index in [1.54, 1.807) is 12.1 Å². The van der Waals surface area contributed by atoms with Crippen LogP contribution in [0.5, 0.6) is 11.5 Å². The maximum Gasteiger partial charge on any atom is 0.220 e. The predicted octanol–water partition coefficient (Wildman–Crippen LogP) is 4.43. The van der Waals surface area contributed by atoms with Gasteiger partial charge in [-0.1, -0.05) is 19.4 Å². The van der Waals surface area contributed by atoms with Crippen LogP contribution in [0.2, 0.25) is 0 Å². The third-order valence-electron chi connectivity index (χ3n) is 7.16. The molecule has 2 aromatic rings. The SMILES string of the molecule is CCCC1CCCN1C[C@@H](NC(=O)CCCC(=O)c1ccc(F)cc1)[C@H](O)c1ccc2c(c1)OCCO2. The lowest BCUT2D eigenvalue weighted by Gasteiger charge is -2.32. The largest absolute Gasteiger partial charge is 0.486 e. The predicted molar refractivity (Wildman–Crippen MR) is 138 cm³/mol. The van der Waals surface area contributed by atoms with E-state index >= 15 is 0 Å². The zero-order chi connectivity index (χ0) is 26.2. The summed E-state index contributed by atoms with van der Waals surface area (Å²) in [5.41, 5.74) is 1.09. The summed E-state index contributed by atoms with van der Waals surface area (Å²) in [4.78, 5) is 27.7. The van der Waals surface area contributed by atoms with Gasteiger partial charge in [-0.25, -0.2) is 4.39 Å². The Morgan fingerprint density at radius 1 is 1.11 bits per heavy atom. The summed E-state index contributed by atoms with van der Waals surface area (Å²) in [6.45, 7) is 4.60. The smallest absolute Gasteiger partial charge is 0.220 e. The first-order valence-corrected chi connectivity index (χ1v) is 13.3. The van der Waals surface area contributed by atoms with Crippen LogP contribution >= 0.6 is 0 Å². The molecular formula is C29H37FN2O5. The lowest BCUT2D eigenvalue weighted by Crippen LogP contribution is -2.48. The highest BCUT2D eigenvalue weighted by atomic mass is 19.1. The van der Waals surface area contributed by atoms with Gasteiger partial charge in [-0.3, -0.25) is 14.5 Å². The Hall–Kier alpha value is -2.97. The van der Waals surface area contributed by atoms with Crippen molar-refractivity contribution in [1.29, 1.82) is 0 Å². The lowest BCUT2D eigenvalue weighted by molar-refractivity contribution is -0.123. The number of hydrogen-bond donors (Lipinski definition) is 2. The van der Waals surface area contributed by atoms with E-state index in [4.69, 9.17) is 9.47 Å². The minimum atomic E-state index is -0.927. The molecule has 0 spiro atoms. The number of nitrogens with zero attached hydrogens (tertiary/aromatic N) is 1. The first-order chi connectivity index (χ1) is 17.9. The number of nitrogens with one attached hydrogen (secondary N) is 1. The van der Waals surface area contributed by atoms with Crippen molar-refractivity contribution in [2.75, 3.05) is 26.3 Å². The molecule has 7 nitrogen and oxygen atoms in total. The molecule has 1 saturated heterocycles. The van der Waals surface area contributed by atoms with Crippen molar-refractivity contribution in [1.82, 2.24) is 10.2 Å². The van der Waals surface area contributed by atoms with Crippen molar-refractivity contribution in [3.63, 3.8) is 0 Å². The highest BCUT2D eigenvalue weighted by Gasteiger charge is 2.31. The average molecular weight is 513 g/mol. The number of ether oxygens (including phenoxy) is 2. The number of Topliss-reactive ketones (excluding diaryl/α,β-unsaturated/α-hetero) is 1. The number of likely N-dealkylation sites (tertiary alicyclic amines) is 1. The quantitative estimate of drug-likeness (QED) is 0.409. The molecule has 2 aliphatic heterocycles. The molecule has 0 radical (unpaired) electrons. The van der Waals surface area contributed by atoms with Crippen LogP contribution in [0, 0.1) is 5.82 Å². The van der Waals surface area contributed by atoms with Crippen LogP contribution in [0.4, 0.5) is 4.39 Å². The number of carbonyl (C=O) groups excluding carboxylic acids is 2. The number of rotatable bonds is 12. The molecule has 4 rings (SSSR count). The summed E-state index contributed by atoms with van der Waals surface area (Å²) in [5, 5.41) is 14.4. The van der Waals surface area contributed by atoms with Gasteiger partial charge in [-0.05, 0) is 74.2 Å². The number of amides is 1. The second kappa shape index (κ2) is 13.0. The molecule has 37 heavy (non-hydrogen) atoms. The number of halogens is 1. The summed E-state index contributed by atoms with van der Waals surface area (Å²) in [6, 6.07) is 10.8. The summed E-state index contributed by atoms with van der Waals surface area (Å²) in [7, 11) is 0. The van der Waals surface area contributed by atoms with E-state index in [-0.39, 0.29) is 24.5 Å². The topological polar surface area (TPSA) is 88.1 Å². The number of hydrogen-bond acceptors (Lipinski definition) is 6. The maximum atomic E-state index is 13.1. The number of ketones is 1. The molecule has 1 fully saturated rings. The minimum absolute atomic E-state index is 0.125. The molecule has 8 heteroatoms. The Morgan fingerprint density at radius 3 is 2.62 bits per heavy atom. The Morgan fingerprint density at radius 2 is 1.86 bits per heavy atom. The number of aliphatic hydroxyl groups excluding tert-OH is 1. The van der Waals surface area contributed by atoms with Crippen LogP contribution in [0.3, 0.4) is 0 Å². The molecule has 2 heterocycles. The van der Waals surface area contributed by atoms with Crippen molar-refractivity contribution in [3.8, 4) is 11.5 Å². The van der Waals surface area contributed by atoms with E-state index in [9.17, 15) is 19.1 Å². The van der Waals surface area contributed by atoms with Crippen LogP contribution in [0.15, 0.2) is 42.5 Å². The number of fused-ring (bicyclic) bond motifs is 1. The molecule has 2 aliphatic rings. The van der Waals surface area contributed by atoms with E-state index in [2.05, 4.69) is 17.1 Å². The van der Waals surface area contributed by atoms with Crippen LogP contribution < -0.4 is 14.8 Å². The molecule has 200 valence electrons. The monoisotopic (exact) mass is 512 g/mol. The molecular weight excluding hydrogens is 475 g/mol. The second-order valence-corrected chi connectivity index (χ2v) is 9.89. The molecule has 0 aromatic heterocycles. The summed E-state index contributed by atoms with van der Waals surface area (Å²) < 4.78 is 24.4. The van der Waals surface area contributed by atoms with Crippen molar-refractivity contribution in [3.05, 3.63) is 59.4 Å². The fourth-order valence-electron chi connectivity index (χ4n) is 5.22. The standard InChI is InChI=1S/C29H37FN2O5/c1-2-5-23-6-4-15-32(23)19-24(29(35)21-11-14-26-27(18-21)37-17-16-36-26)31-28(34)8-3-7-25(33)20-9-12-22(30)13-10-20/h9-14,18,23-24,29,35H,2-8,15-17,19H2,1H3,(H,31,34)/t23?,24-,29-/m1/s1. The molecule has 2 aromatic carbocycles. The fourth-order valence-corrected chi connectivity index (χ4v) is 5.22. The summed E-state index contributed by atoms with van der Waals surface area (Å²) in [6.07, 6.45) is 4.21. The zero-order valence-electron chi connectivity index (χ0n) is 21.5. The van der Waals surface area contributed by atoms with E-state index < -0.39 is 18.0 Å². The molecule has 0 bridgehead atoms. The molecule has 2 N–H and O–H groups in total. The zero-order valence-corrected chi connectivity index (χ0v) is 21.5. The van der Waals surface area contributed by atoms with E-state index in [1.807, 2.05) is 6.07 Å². The summed E-state index contributed by atoms with van der Waals surface area (Å²) in [5.74, 6) is 0.519. The van der Waals surface area contributed by atoms with Gasteiger partial charge in [-0.15, -0.1) is 0 Å². The first kappa shape index (κ1) is 27.1. The summed E-state index contributed by atoms with van der Waals surface area (Å²) >= 11 is 0. The highest BCUT2D eigenvalue weighted by molar-refractivity contribution is 5.96. The first-order valence-electron chi connectivity index (χ1n) is 13.3. The van der Waals surface area contributed by atoms with Gasteiger partial charge in [0.2, 0.25) is 5.91 Å². The van der Waals surface area contributed by atoms with Crippen LogP contribution in [0.25, 0.3) is 0 Å². The molecule has 0 saturated carbocycles. The lowest BCUT2D eigenvalue weighted by atomic mass is 9.99. The highest BCUT2D eigenvalue weighted by Crippen LogP contribution is 2.34. The van der Waals surface area contributed by atoms with E-state index in [0.29, 0.717) is 54.8 Å². The van der Waals surface area contributed by atoms with Crippen LogP contribution in [-0.2, 0) is 4.79 Å². The van der Waals surface area contributed by atoms with Gasteiger partial charge in [0.05, 0.1) is 6.04 Å². The van der Waals surface area contributed by atoms with Gasteiger partial charge >= 0.3 is 0 Å². The van der Waals surface area contributed by atoms with Crippen LogP contribution in [0.1, 0.15) is 73.9 Å². The second-order valence-electron chi connectivity index (χ2n) is 9.89. The van der Waals surface area contributed by atoms with E-state index in [0.717, 1.165) is 32.2 Å². The molecule has 1 unspecified atom stereocenters. The number of benzene rings is 2.